The average molecular weight is 665 g/mol. The molecule has 0 saturated heterocycles. The number of aromatic nitrogens is 2. The van der Waals surface area contributed by atoms with E-state index in [-0.39, 0.29) is 46.3 Å². The Hall–Kier alpha value is -5.31. The van der Waals surface area contributed by atoms with Gasteiger partial charge in [-0.05, 0) is 73.9 Å². The van der Waals surface area contributed by atoms with Gasteiger partial charge in [-0.25, -0.2) is 14.2 Å². The van der Waals surface area contributed by atoms with Gasteiger partial charge in [0.25, 0.3) is 5.91 Å². The summed E-state index contributed by atoms with van der Waals surface area (Å²) in [5, 5.41) is 19.4. The molecule has 1 aliphatic heterocycles. The number of aryl methyl sites for hydroxylation is 1. The highest BCUT2D eigenvalue weighted by Gasteiger charge is 2.69. The van der Waals surface area contributed by atoms with Gasteiger partial charge in [0.15, 0.2) is 5.75 Å². The monoisotopic (exact) mass is 664 g/mol. The van der Waals surface area contributed by atoms with Crippen LogP contribution >= 0.6 is 0 Å². The van der Waals surface area contributed by atoms with Crippen molar-refractivity contribution in [2.75, 3.05) is 11.9 Å². The minimum atomic E-state index is -5.39. The number of urea groups is 1. The van der Waals surface area contributed by atoms with Crippen LogP contribution in [0.2, 0.25) is 0 Å². The average Bonchev–Trinajstić information content (AvgIpc) is 3.96. The normalized spacial score (nSPS) is 20.6. The molecule has 2 fully saturated rings. The van der Waals surface area contributed by atoms with Crippen molar-refractivity contribution >= 4 is 34.4 Å². The summed E-state index contributed by atoms with van der Waals surface area (Å²) in [6.07, 6.45) is -2.78. The summed E-state index contributed by atoms with van der Waals surface area (Å²) in [5.41, 5.74) is 0.673. The van der Waals surface area contributed by atoms with Gasteiger partial charge in [-0.1, -0.05) is 0 Å². The third-order valence-corrected chi connectivity index (χ3v) is 8.91. The van der Waals surface area contributed by atoms with Gasteiger partial charge in [0, 0.05) is 40.7 Å². The molecule has 2 aromatic heterocycles. The first-order valence-corrected chi connectivity index (χ1v) is 15.0. The Morgan fingerprint density at radius 2 is 1.83 bits per heavy atom. The number of aliphatic hydroxyl groups is 1. The van der Waals surface area contributed by atoms with E-state index in [1.807, 2.05) is 0 Å². The first-order valence-electron chi connectivity index (χ1n) is 15.0. The van der Waals surface area contributed by atoms with Gasteiger partial charge in [-0.2, -0.15) is 13.2 Å². The molecule has 11 nitrogen and oxygen atoms in total. The summed E-state index contributed by atoms with van der Waals surface area (Å²) >= 11 is 0. The van der Waals surface area contributed by atoms with E-state index in [1.165, 1.54) is 24.3 Å². The van der Waals surface area contributed by atoms with Gasteiger partial charge >= 0.3 is 12.2 Å². The van der Waals surface area contributed by atoms with E-state index < -0.39 is 59.2 Å². The van der Waals surface area contributed by atoms with Crippen molar-refractivity contribution in [3.63, 3.8) is 0 Å². The highest BCUT2D eigenvalue weighted by atomic mass is 19.4. The van der Waals surface area contributed by atoms with E-state index in [4.69, 9.17) is 10.5 Å². The number of primary amides is 1. The summed E-state index contributed by atoms with van der Waals surface area (Å²) in [6.45, 7) is 0.378. The smallest absolute Gasteiger partial charge is 0.424 e. The second kappa shape index (κ2) is 10.9. The lowest BCUT2D eigenvalue weighted by atomic mass is 9.89. The second-order valence-corrected chi connectivity index (χ2v) is 12.4. The quantitative estimate of drug-likeness (QED) is 0.177. The summed E-state index contributed by atoms with van der Waals surface area (Å²) in [7, 11) is 0. The SMILES string of the molecule is Cc1cnc2c(NC(=O)NC3CC3)cc(C(=O)NCC(O)(c3cc4c(c(-c5ccc(F)cc5)n3)OC3C[C@@]43C(N)=O)C(F)(F)F)cc2c1. The number of carbonyl (C=O) groups is 3. The number of nitrogens with two attached hydrogens (primary N) is 1. The molecule has 15 heteroatoms. The molecular formula is C33H28F4N6O5. The van der Waals surface area contributed by atoms with E-state index in [0.717, 1.165) is 36.6 Å². The summed E-state index contributed by atoms with van der Waals surface area (Å²) < 4.78 is 64.1. The van der Waals surface area contributed by atoms with E-state index in [9.17, 15) is 37.1 Å². The van der Waals surface area contributed by atoms with Gasteiger partial charge in [-0.3, -0.25) is 14.6 Å². The van der Waals surface area contributed by atoms with Crippen molar-refractivity contribution < 1.29 is 41.8 Å². The van der Waals surface area contributed by atoms with Crippen molar-refractivity contribution in [1.82, 2.24) is 20.6 Å². The number of benzene rings is 2. The maximum atomic E-state index is 14.8. The molecule has 0 bridgehead atoms. The van der Waals surface area contributed by atoms with Crippen LogP contribution in [0.5, 0.6) is 5.75 Å². The maximum absolute atomic E-state index is 14.8. The molecule has 3 aliphatic rings. The molecule has 2 aromatic carbocycles. The van der Waals surface area contributed by atoms with Crippen LogP contribution in [0.1, 0.15) is 46.4 Å². The molecule has 0 radical (unpaired) electrons. The third kappa shape index (κ3) is 5.23. The van der Waals surface area contributed by atoms with Crippen LogP contribution in [-0.2, 0) is 15.8 Å². The number of pyridine rings is 2. The Morgan fingerprint density at radius 1 is 1.10 bits per heavy atom. The van der Waals surface area contributed by atoms with Crippen molar-refractivity contribution in [2.45, 2.75) is 55.5 Å². The minimum absolute atomic E-state index is 0.000198. The van der Waals surface area contributed by atoms with E-state index in [2.05, 4.69) is 25.9 Å². The highest BCUT2D eigenvalue weighted by molar-refractivity contribution is 6.06. The Balaban J connectivity index is 1.25. The molecule has 48 heavy (non-hydrogen) atoms. The predicted octanol–water partition coefficient (Wildman–Crippen LogP) is 4.10. The number of ether oxygens (including phenoxy) is 1. The lowest BCUT2D eigenvalue weighted by Gasteiger charge is -2.31. The van der Waals surface area contributed by atoms with Gasteiger partial charge < -0.3 is 31.5 Å². The van der Waals surface area contributed by atoms with Crippen molar-refractivity contribution in [2.24, 2.45) is 5.73 Å². The fraction of sp³-hybridized carbons (Fsp3) is 0.303. The number of anilines is 1. The zero-order valence-corrected chi connectivity index (χ0v) is 25.2. The van der Waals surface area contributed by atoms with Crippen LogP contribution < -0.4 is 26.4 Å². The summed E-state index contributed by atoms with van der Waals surface area (Å²) in [6, 6.07) is 9.50. The number of nitrogens with zero attached hydrogens (tertiary/aromatic N) is 2. The summed E-state index contributed by atoms with van der Waals surface area (Å²) in [5.74, 6) is -2.43. The Kier molecular flexibility index (Phi) is 7.09. The minimum Gasteiger partial charge on any atom is -0.486 e. The van der Waals surface area contributed by atoms with Gasteiger partial charge in [0.2, 0.25) is 11.5 Å². The lowest BCUT2D eigenvalue weighted by Crippen LogP contribution is -2.51. The van der Waals surface area contributed by atoms with Crippen molar-refractivity contribution in [3.8, 4) is 17.0 Å². The van der Waals surface area contributed by atoms with Crippen LogP contribution in [0.3, 0.4) is 0 Å². The number of rotatable bonds is 8. The second-order valence-electron chi connectivity index (χ2n) is 12.4. The molecular weight excluding hydrogens is 636 g/mol. The van der Waals surface area contributed by atoms with Gasteiger partial charge in [0.1, 0.15) is 23.0 Å². The Morgan fingerprint density at radius 3 is 2.50 bits per heavy atom. The molecule has 6 N–H and O–H groups in total. The van der Waals surface area contributed by atoms with Crippen LogP contribution in [-0.4, -0.2) is 57.8 Å². The number of nitrogens with one attached hydrogen (secondary N) is 3. The largest absolute Gasteiger partial charge is 0.486 e. The number of alkyl halides is 3. The molecule has 248 valence electrons. The Bertz CT molecular complexity index is 2020. The molecule has 4 amide bonds. The number of carbonyl (C=O) groups excluding carboxylic acids is 3. The van der Waals surface area contributed by atoms with Gasteiger partial charge in [-0.15, -0.1) is 0 Å². The molecule has 4 aromatic rings. The lowest BCUT2D eigenvalue weighted by molar-refractivity contribution is -0.265. The van der Waals surface area contributed by atoms with E-state index in [0.29, 0.717) is 10.9 Å². The molecule has 0 spiro atoms. The maximum Gasteiger partial charge on any atom is 0.424 e. The van der Waals surface area contributed by atoms with Crippen LogP contribution in [0.15, 0.2) is 54.7 Å². The number of hydrogen-bond acceptors (Lipinski definition) is 7. The van der Waals surface area contributed by atoms with E-state index in [1.54, 1.807) is 19.2 Å². The van der Waals surface area contributed by atoms with Crippen molar-refractivity contribution in [1.29, 1.82) is 0 Å². The fourth-order valence-corrected chi connectivity index (χ4v) is 6.00. The van der Waals surface area contributed by atoms with Crippen LogP contribution in [0.25, 0.3) is 22.2 Å². The molecule has 2 saturated carbocycles. The summed E-state index contributed by atoms with van der Waals surface area (Å²) in [4.78, 5) is 46.9. The predicted molar refractivity (Wildman–Crippen MR) is 163 cm³/mol. The third-order valence-electron chi connectivity index (χ3n) is 8.91. The Labute approximate surface area is 269 Å². The van der Waals surface area contributed by atoms with Crippen molar-refractivity contribution in [3.05, 3.63) is 82.9 Å². The number of hydrogen-bond donors (Lipinski definition) is 5. The molecule has 7 rings (SSSR count). The fourth-order valence-electron chi connectivity index (χ4n) is 6.00. The number of fused-ring (bicyclic) bond motifs is 4. The topological polar surface area (TPSA) is 169 Å². The highest BCUT2D eigenvalue weighted by Crippen LogP contribution is 2.61. The van der Waals surface area contributed by atoms with Gasteiger partial charge in [0.05, 0.1) is 23.4 Å². The zero-order chi connectivity index (χ0) is 34.2. The molecule has 3 heterocycles. The first-order chi connectivity index (χ1) is 22.7. The molecule has 3 atom stereocenters. The van der Waals surface area contributed by atoms with Crippen LogP contribution in [0.4, 0.5) is 28.0 Å². The molecule has 2 aliphatic carbocycles. The van der Waals surface area contributed by atoms with Crippen LogP contribution in [0, 0.1) is 12.7 Å². The number of amides is 4. The number of halogens is 4. The molecule has 2 unspecified atom stereocenters. The van der Waals surface area contributed by atoms with E-state index >= 15 is 0 Å². The zero-order valence-electron chi connectivity index (χ0n) is 25.2. The standard InChI is InChI=1S/C33H28F4N6O5/c1-15-8-17-9-18(10-22(25(17)39-13-15)42-30(46)41-20-6-7-20)28(44)40-14-32(47,33(35,36)37)23-11-21-27(48-24-12-31(21,24)29(38)45)26(43-23)16-2-4-19(34)5-3-16/h2-5,8-11,13,20,24,47H,6-7,12,14H2,1H3,(H2,38,45)(H,40,44)(H2,41,42,46)/t24?,31-,32?/m1/s1. The first kappa shape index (κ1) is 31.3.